The third kappa shape index (κ3) is 2.46. The highest BCUT2D eigenvalue weighted by molar-refractivity contribution is 5.73. The topological polar surface area (TPSA) is 59.0 Å². The molecule has 1 N–H and O–H groups in total. The molecule has 2 unspecified atom stereocenters. The Morgan fingerprint density at radius 3 is 3.00 bits per heavy atom. The predicted molar refractivity (Wildman–Crippen MR) is 78.0 cm³/mol. The largest absolute Gasteiger partial charge is 0.496 e. The van der Waals surface area contributed by atoms with E-state index in [0.29, 0.717) is 6.54 Å². The molecular weight excluding hydrogens is 270 g/mol. The van der Waals surface area contributed by atoms with Crippen molar-refractivity contribution in [3.63, 3.8) is 0 Å². The van der Waals surface area contributed by atoms with Gasteiger partial charge in [-0.1, -0.05) is 6.07 Å². The first kappa shape index (κ1) is 14.2. The molecule has 0 aromatic heterocycles. The van der Waals surface area contributed by atoms with Crippen LogP contribution in [-0.2, 0) is 11.2 Å². The zero-order valence-electron chi connectivity index (χ0n) is 12.5. The Morgan fingerprint density at radius 2 is 2.29 bits per heavy atom. The number of carbonyl (C=O) groups is 1. The standard InChI is InChI=1S/C16H21NO4/c1-11(15(18)19)17-9-8-16(10-17)7-6-12-13(20-2)4-3-5-14(12)21-16/h3-5,11H,6-10H2,1-2H3,(H,18,19). The van der Waals surface area contributed by atoms with Crippen LogP contribution in [0.5, 0.6) is 11.5 Å². The molecule has 2 heterocycles. The van der Waals surface area contributed by atoms with Crippen molar-refractivity contribution in [2.75, 3.05) is 20.2 Å². The second-order valence-corrected chi connectivity index (χ2v) is 5.96. The van der Waals surface area contributed by atoms with Gasteiger partial charge in [0.15, 0.2) is 0 Å². The molecule has 0 amide bonds. The van der Waals surface area contributed by atoms with Crippen molar-refractivity contribution in [2.45, 2.75) is 37.8 Å². The first-order valence-corrected chi connectivity index (χ1v) is 7.36. The molecule has 1 fully saturated rings. The average Bonchev–Trinajstić information content (AvgIpc) is 2.88. The first-order valence-electron chi connectivity index (χ1n) is 7.36. The number of carboxylic acid groups (broad SMARTS) is 1. The summed E-state index contributed by atoms with van der Waals surface area (Å²) in [5.74, 6) is 0.978. The molecule has 0 saturated carbocycles. The number of fused-ring (bicyclic) bond motifs is 1. The fourth-order valence-corrected chi connectivity index (χ4v) is 3.37. The van der Waals surface area contributed by atoms with E-state index in [1.165, 1.54) is 0 Å². The maximum atomic E-state index is 11.1. The molecule has 1 saturated heterocycles. The molecule has 5 heteroatoms. The molecular formula is C16H21NO4. The number of hydrogen-bond acceptors (Lipinski definition) is 4. The lowest BCUT2D eigenvalue weighted by Crippen LogP contribution is -2.45. The molecule has 0 aliphatic carbocycles. The van der Waals surface area contributed by atoms with Crippen molar-refractivity contribution in [1.82, 2.24) is 4.90 Å². The van der Waals surface area contributed by atoms with Gasteiger partial charge in [0.1, 0.15) is 23.1 Å². The minimum Gasteiger partial charge on any atom is -0.496 e. The third-order valence-electron chi connectivity index (χ3n) is 4.72. The van der Waals surface area contributed by atoms with Gasteiger partial charge < -0.3 is 14.6 Å². The van der Waals surface area contributed by atoms with E-state index in [0.717, 1.165) is 42.9 Å². The summed E-state index contributed by atoms with van der Waals surface area (Å²) in [5.41, 5.74) is 0.874. The van der Waals surface area contributed by atoms with Gasteiger partial charge in [-0.25, -0.2) is 0 Å². The average molecular weight is 291 g/mol. The van der Waals surface area contributed by atoms with Crippen LogP contribution >= 0.6 is 0 Å². The van der Waals surface area contributed by atoms with Crippen LogP contribution < -0.4 is 9.47 Å². The normalized spacial score (nSPS) is 26.2. The molecule has 0 radical (unpaired) electrons. The molecule has 114 valence electrons. The molecule has 2 aliphatic heterocycles. The van der Waals surface area contributed by atoms with E-state index in [1.807, 2.05) is 23.1 Å². The highest BCUT2D eigenvalue weighted by Crippen LogP contribution is 2.42. The van der Waals surface area contributed by atoms with Crippen LogP contribution in [0.25, 0.3) is 0 Å². The smallest absolute Gasteiger partial charge is 0.320 e. The van der Waals surface area contributed by atoms with Crippen molar-refractivity contribution in [2.24, 2.45) is 0 Å². The third-order valence-corrected chi connectivity index (χ3v) is 4.72. The summed E-state index contributed by atoms with van der Waals surface area (Å²) in [5, 5.41) is 9.16. The van der Waals surface area contributed by atoms with E-state index in [1.54, 1.807) is 14.0 Å². The van der Waals surface area contributed by atoms with Crippen LogP contribution in [0.4, 0.5) is 0 Å². The fraction of sp³-hybridized carbons (Fsp3) is 0.562. The van der Waals surface area contributed by atoms with Gasteiger partial charge in [0.05, 0.1) is 7.11 Å². The maximum absolute atomic E-state index is 11.1. The van der Waals surface area contributed by atoms with E-state index in [-0.39, 0.29) is 5.60 Å². The summed E-state index contributed by atoms with van der Waals surface area (Å²) < 4.78 is 11.7. The zero-order valence-corrected chi connectivity index (χ0v) is 12.5. The maximum Gasteiger partial charge on any atom is 0.320 e. The first-order chi connectivity index (χ1) is 10.0. The number of carboxylic acids is 1. The van der Waals surface area contributed by atoms with Gasteiger partial charge >= 0.3 is 5.97 Å². The SMILES string of the molecule is COc1cccc2c1CCC1(CCN(C(C)C(=O)O)C1)O2. The van der Waals surface area contributed by atoms with Gasteiger partial charge in [-0.05, 0) is 31.9 Å². The molecule has 2 aliphatic rings. The van der Waals surface area contributed by atoms with Crippen LogP contribution in [-0.4, -0.2) is 47.8 Å². The lowest BCUT2D eigenvalue weighted by molar-refractivity contribution is -0.142. The van der Waals surface area contributed by atoms with Crippen LogP contribution in [0.15, 0.2) is 18.2 Å². The lowest BCUT2D eigenvalue weighted by Gasteiger charge is -2.36. The summed E-state index contributed by atoms with van der Waals surface area (Å²) in [4.78, 5) is 13.1. The van der Waals surface area contributed by atoms with Crippen molar-refractivity contribution >= 4 is 5.97 Å². The molecule has 1 spiro atoms. The van der Waals surface area contributed by atoms with Gasteiger partial charge in [-0.15, -0.1) is 0 Å². The summed E-state index contributed by atoms with van der Waals surface area (Å²) in [6.07, 6.45) is 2.69. The van der Waals surface area contributed by atoms with E-state index in [9.17, 15) is 4.79 Å². The Morgan fingerprint density at radius 1 is 1.48 bits per heavy atom. The summed E-state index contributed by atoms with van der Waals surface area (Å²) in [6, 6.07) is 5.40. The highest BCUT2D eigenvalue weighted by Gasteiger charge is 2.45. The number of methoxy groups -OCH3 is 1. The van der Waals surface area contributed by atoms with Crippen LogP contribution in [0.1, 0.15) is 25.3 Å². The van der Waals surface area contributed by atoms with E-state index < -0.39 is 12.0 Å². The Hall–Kier alpha value is -1.75. The van der Waals surface area contributed by atoms with Crippen molar-refractivity contribution in [1.29, 1.82) is 0 Å². The van der Waals surface area contributed by atoms with E-state index in [2.05, 4.69) is 0 Å². The number of nitrogens with zero attached hydrogens (tertiary/aromatic N) is 1. The predicted octanol–water partition coefficient (Wildman–Crippen LogP) is 1.94. The van der Waals surface area contributed by atoms with Crippen LogP contribution in [0.2, 0.25) is 0 Å². The number of aliphatic carboxylic acids is 1. The quantitative estimate of drug-likeness (QED) is 0.922. The minimum absolute atomic E-state index is 0.247. The van der Waals surface area contributed by atoms with Gasteiger partial charge in [0.2, 0.25) is 0 Å². The van der Waals surface area contributed by atoms with Gasteiger partial charge in [0.25, 0.3) is 0 Å². The van der Waals surface area contributed by atoms with Crippen molar-refractivity contribution in [3.05, 3.63) is 23.8 Å². The number of rotatable bonds is 3. The number of likely N-dealkylation sites (tertiary alicyclic amines) is 1. The van der Waals surface area contributed by atoms with E-state index in [4.69, 9.17) is 14.6 Å². The van der Waals surface area contributed by atoms with Crippen LogP contribution in [0.3, 0.4) is 0 Å². The summed E-state index contributed by atoms with van der Waals surface area (Å²) in [6.45, 7) is 3.19. The Bertz CT molecular complexity index is 559. The number of benzene rings is 1. The molecule has 0 bridgehead atoms. The Labute approximate surface area is 124 Å². The summed E-state index contributed by atoms with van der Waals surface area (Å²) >= 11 is 0. The molecule has 3 rings (SSSR count). The van der Waals surface area contributed by atoms with Crippen molar-refractivity contribution in [3.8, 4) is 11.5 Å². The van der Waals surface area contributed by atoms with Crippen LogP contribution in [0, 0.1) is 0 Å². The fourth-order valence-electron chi connectivity index (χ4n) is 3.37. The van der Waals surface area contributed by atoms with Crippen molar-refractivity contribution < 1.29 is 19.4 Å². The minimum atomic E-state index is -0.773. The summed E-state index contributed by atoms with van der Waals surface area (Å²) in [7, 11) is 1.67. The molecule has 2 atom stereocenters. The molecule has 21 heavy (non-hydrogen) atoms. The second kappa shape index (κ2) is 5.22. The Balaban J connectivity index is 1.79. The number of hydrogen-bond donors (Lipinski definition) is 1. The molecule has 5 nitrogen and oxygen atoms in total. The lowest BCUT2D eigenvalue weighted by atomic mass is 9.90. The number of ether oxygens (including phenoxy) is 2. The van der Waals surface area contributed by atoms with Gasteiger partial charge in [-0.3, -0.25) is 9.69 Å². The molecule has 1 aromatic rings. The monoisotopic (exact) mass is 291 g/mol. The van der Waals surface area contributed by atoms with E-state index >= 15 is 0 Å². The zero-order chi connectivity index (χ0) is 15.0. The second-order valence-electron chi connectivity index (χ2n) is 5.96. The van der Waals surface area contributed by atoms with Gasteiger partial charge in [0, 0.05) is 25.1 Å². The Kier molecular flexibility index (Phi) is 3.53. The highest BCUT2D eigenvalue weighted by atomic mass is 16.5. The molecule has 1 aromatic carbocycles. The van der Waals surface area contributed by atoms with Gasteiger partial charge in [-0.2, -0.15) is 0 Å².